The Kier molecular flexibility index (Phi) is 3.26. The number of carboxylic acid groups (broad SMARTS) is 1. The van der Waals surface area contributed by atoms with Crippen LogP contribution in [0, 0.1) is 11.8 Å². The normalized spacial score (nSPS) is 26.5. The molecule has 2 N–H and O–H groups in total. The molecule has 1 saturated heterocycles. The van der Waals surface area contributed by atoms with Crippen molar-refractivity contribution in [2.24, 2.45) is 11.8 Å². The van der Waals surface area contributed by atoms with Crippen molar-refractivity contribution in [1.29, 1.82) is 0 Å². The molecule has 0 bridgehead atoms. The lowest BCUT2D eigenvalue weighted by Crippen LogP contribution is -2.47. The first-order chi connectivity index (χ1) is 7.22. The van der Waals surface area contributed by atoms with E-state index < -0.39 is 5.97 Å². The Bertz CT molecular complexity index is 232. The number of aliphatic hydroxyl groups excluding tert-OH is 1. The standard InChI is InChI=1S/C11H19NO3/c13-7-8-3-5-12(6-4-8)10(11(14)15)9-1-2-9/h8-10,13H,1-7H2,(H,14,15). The molecule has 4 nitrogen and oxygen atoms in total. The molecule has 1 atom stereocenters. The summed E-state index contributed by atoms with van der Waals surface area (Å²) in [6.45, 7) is 1.91. The first-order valence-electron chi connectivity index (χ1n) is 5.80. The van der Waals surface area contributed by atoms with Crippen molar-refractivity contribution in [3.05, 3.63) is 0 Å². The van der Waals surface area contributed by atoms with Gasteiger partial charge in [-0.3, -0.25) is 9.69 Å². The van der Waals surface area contributed by atoms with Crippen LogP contribution in [0.5, 0.6) is 0 Å². The van der Waals surface area contributed by atoms with Gasteiger partial charge in [-0.2, -0.15) is 0 Å². The van der Waals surface area contributed by atoms with Crippen LogP contribution in [0.2, 0.25) is 0 Å². The largest absolute Gasteiger partial charge is 0.480 e. The lowest BCUT2D eigenvalue weighted by molar-refractivity contribution is -0.144. The van der Waals surface area contributed by atoms with Crippen LogP contribution in [0.15, 0.2) is 0 Å². The van der Waals surface area contributed by atoms with Crippen LogP contribution in [0.25, 0.3) is 0 Å². The monoisotopic (exact) mass is 213 g/mol. The molecule has 1 saturated carbocycles. The van der Waals surface area contributed by atoms with Crippen molar-refractivity contribution in [2.45, 2.75) is 31.7 Å². The lowest BCUT2D eigenvalue weighted by atomic mass is 9.96. The topological polar surface area (TPSA) is 60.8 Å². The van der Waals surface area contributed by atoms with Gasteiger partial charge in [0.25, 0.3) is 0 Å². The van der Waals surface area contributed by atoms with Crippen molar-refractivity contribution in [3.63, 3.8) is 0 Å². The summed E-state index contributed by atoms with van der Waals surface area (Å²) in [7, 11) is 0. The molecule has 0 radical (unpaired) electrons. The van der Waals surface area contributed by atoms with Gasteiger partial charge in [-0.25, -0.2) is 0 Å². The van der Waals surface area contributed by atoms with Crippen molar-refractivity contribution < 1.29 is 15.0 Å². The molecular weight excluding hydrogens is 194 g/mol. The van der Waals surface area contributed by atoms with E-state index in [2.05, 4.69) is 4.90 Å². The Morgan fingerprint density at radius 3 is 2.27 bits per heavy atom. The number of carbonyl (C=O) groups is 1. The molecule has 0 aromatic carbocycles. The second-order valence-corrected chi connectivity index (χ2v) is 4.78. The van der Waals surface area contributed by atoms with Crippen LogP contribution in [0.1, 0.15) is 25.7 Å². The Morgan fingerprint density at radius 1 is 1.27 bits per heavy atom. The summed E-state index contributed by atoms with van der Waals surface area (Å²) in [6, 6.07) is -0.260. The van der Waals surface area contributed by atoms with Gasteiger partial charge in [0.05, 0.1) is 0 Å². The molecular formula is C11H19NO3. The van der Waals surface area contributed by atoms with E-state index in [0.717, 1.165) is 38.8 Å². The molecule has 0 aromatic rings. The van der Waals surface area contributed by atoms with Gasteiger partial charge in [-0.15, -0.1) is 0 Å². The Morgan fingerprint density at radius 2 is 1.87 bits per heavy atom. The zero-order chi connectivity index (χ0) is 10.8. The number of hydrogen-bond donors (Lipinski definition) is 2. The minimum absolute atomic E-state index is 0.245. The fourth-order valence-corrected chi connectivity index (χ4v) is 2.48. The highest BCUT2D eigenvalue weighted by atomic mass is 16.4. The van der Waals surface area contributed by atoms with Gasteiger partial charge < -0.3 is 10.2 Å². The Hall–Kier alpha value is -0.610. The van der Waals surface area contributed by atoms with Gasteiger partial charge in [-0.05, 0) is 50.6 Å². The highest BCUT2D eigenvalue weighted by Gasteiger charge is 2.41. The SMILES string of the molecule is O=C(O)C(C1CC1)N1CCC(CO)CC1. The average Bonchev–Trinajstić information content (AvgIpc) is 3.03. The molecule has 1 heterocycles. The van der Waals surface area contributed by atoms with Crippen LogP contribution in [0.3, 0.4) is 0 Å². The van der Waals surface area contributed by atoms with E-state index in [-0.39, 0.29) is 12.6 Å². The zero-order valence-corrected chi connectivity index (χ0v) is 8.93. The van der Waals surface area contributed by atoms with Gasteiger partial charge in [-0.1, -0.05) is 0 Å². The number of rotatable bonds is 4. The maximum absolute atomic E-state index is 11.1. The number of piperidine rings is 1. The van der Waals surface area contributed by atoms with E-state index in [0.29, 0.717) is 11.8 Å². The molecule has 1 unspecified atom stereocenters. The van der Waals surface area contributed by atoms with Crippen LogP contribution < -0.4 is 0 Å². The highest BCUT2D eigenvalue weighted by molar-refractivity contribution is 5.74. The molecule has 1 aliphatic carbocycles. The van der Waals surface area contributed by atoms with Crippen molar-refractivity contribution in [2.75, 3.05) is 19.7 Å². The van der Waals surface area contributed by atoms with Gasteiger partial charge in [0.2, 0.25) is 0 Å². The van der Waals surface area contributed by atoms with Crippen LogP contribution in [-0.4, -0.2) is 46.8 Å². The summed E-state index contributed by atoms with van der Waals surface area (Å²) < 4.78 is 0. The van der Waals surface area contributed by atoms with E-state index in [9.17, 15) is 4.79 Å². The third kappa shape index (κ3) is 2.49. The van der Waals surface area contributed by atoms with E-state index in [4.69, 9.17) is 10.2 Å². The third-order valence-corrected chi connectivity index (χ3v) is 3.62. The smallest absolute Gasteiger partial charge is 0.321 e. The summed E-state index contributed by atoms with van der Waals surface area (Å²) in [5.41, 5.74) is 0. The molecule has 2 fully saturated rings. The molecule has 4 heteroatoms. The minimum atomic E-state index is -0.667. The predicted molar refractivity (Wildman–Crippen MR) is 55.5 cm³/mol. The second kappa shape index (κ2) is 4.49. The molecule has 2 rings (SSSR count). The van der Waals surface area contributed by atoms with E-state index in [1.54, 1.807) is 0 Å². The maximum Gasteiger partial charge on any atom is 0.321 e. The summed E-state index contributed by atoms with van der Waals surface area (Å²) in [6.07, 6.45) is 4.01. The second-order valence-electron chi connectivity index (χ2n) is 4.78. The molecule has 0 amide bonds. The molecule has 1 aliphatic heterocycles. The minimum Gasteiger partial charge on any atom is -0.480 e. The van der Waals surface area contributed by atoms with Gasteiger partial charge in [0, 0.05) is 6.61 Å². The summed E-state index contributed by atoms with van der Waals surface area (Å²) in [4.78, 5) is 13.2. The summed E-state index contributed by atoms with van der Waals surface area (Å²) in [5, 5.41) is 18.2. The number of hydrogen-bond acceptors (Lipinski definition) is 3. The molecule has 0 aromatic heterocycles. The van der Waals surface area contributed by atoms with Gasteiger partial charge >= 0.3 is 5.97 Å². The summed E-state index contributed by atoms with van der Waals surface area (Å²) >= 11 is 0. The number of likely N-dealkylation sites (tertiary alicyclic amines) is 1. The molecule has 2 aliphatic rings. The predicted octanol–water partition coefficient (Wildman–Crippen LogP) is 0.554. The fourth-order valence-electron chi connectivity index (χ4n) is 2.48. The average molecular weight is 213 g/mol. The number of aliphatic carboxylic acids is 1. The van der Waals surface area contributed by atoms with Crippen LogP contribution >= 0.6 is 0 Å². The van der Waals surface area contributed by atoms with E-state index in [1.165, 1.54) is 0 Å². The maximum atomic E-state index is 11.1. The quantitative estimate of drug-likeness (QED) is 0.716. The first-order valence-corrected chi connectivity index (χ1v) is 5.80. The van der Waals surface area contributed by atoms with Crippen molar-refractivity contribution in [1.82, 2.24) is 4.90 Å². The number of nitrogens with zero attached hydrogens (tertiary/aromatic N) is 1. The first kappa shape index (κ1) is 10.9. The lowest BCUT2D eigenvalue weighted by Gasteiger charge is -2.35. The third-order valence-electron chi connectivity index (χ3n) is 3.62. The number of carboxylic acids is 1. The summed E-state index contributed by atoms with van der Waals surface area (Å²) in [5.74, 6) is 0.100. The number of aliphatic hydroxyl groups is 1. The van der Waals surface area contributed by atoms with Crippen LogP contribution in [-0.2, 0) is 4.79 Å². The highest BCUT2D eigenvalue weighted by Crippen LogP contribution is 2.36. The molecule has 86 valence electrons. The van der Waals surface area contributed by atoms with Gasteiger partial charge in [0.15, 0.2) is 0 Å². The zero-order valence-electron chi connectivity index (χ0n) is 8.93. The van der Waals surface area contributed by atoms with Crippen molar-refractivity contribution >= 4 is 5.97 Å². The molecule has 15 heavy (non-hydrogen) atoms. The fraction of sp³-hybridized carbons (Fsp3) is 0.909. The Labute approximate surface area is 89.9 Å². The van der Waals surface area contributed by atoms with Crippen LogP contribution in [0.4, 0.5) is 0 Å². The van der Waals surface area contributed by atoms with Crippen molar-refractivity contribution in [3.8, 4) is 0 Å². The Balaban J connectivity index is 1.89. The van der Waals surface area contributed by atoms with E-state index in [1.807, 2.05) is 0 Å². The molecule has 0 spiro atoms. The van der Waals surface area contributed by atoms with E-state index >= 15 is 0 Å². The van der Waals surface area contributed by atoms with Gasteiger partial charge in [0.1, 0.15) is 6.04 Å².